The number of amides is 1. The topological polar surface area (TPSA) is 23.6 Å². The Morgan fingerprint density at radius 2 is 1.52 bits per heavy atom. The van der Waals surface area contributed by atoms with E-state index >= 15 is 0 Å². The van der Waals surface area contributed by atoms with Crippen LogP contribution in [0.4, 0.5) is 13.2 Å². The second-order valence-corrected chi connectivity index (χ2v) is 6.21. The number of carbonyl (C=O) groups excluding carboxylic acids is 1. The van der Waals surface area contributed by atoms with Crippen molar-refractivity contribution in [1.29, 1.82) is 0 Å². The zero-order chi connectivity index (χ0) is 17.8. The average Bonchev–Trinajstić information content (AvgIpc) is 2.81. The van der Waals surface area contributed by atoms with Crippen molar-refractivity contribution in [2.45, 2.75) is 13.0 Å². The maximum atomic E-state index is 13.3. The molecule has 0 N–H and O–H groups in total. The molecule has 0 aromatic heterocycles. The zero-order valence-corrected chi connectivity index (χ0v) is 13.7. The van der Waals surface area contributed by atoms with Crippen LogP contribution in [0.15, 0.2) is 42.5 Å². The molecule has 2 aromatic carbocycles. The van der Waals surface area contributed by atoms with Crippen LogP contribution >= 0.6 is 0 Å². The minimum atomic E-state index is -0.754. The van der Waals surface area contributed by atoms with E-state index in [4.69, 9.17) is 0 Å². The van der Waals surface area contributed by atoms with Gasteiger partial charge >= 0.3 is 0 Å². The summed E-state index contributed by atoms with van der Waals surface area (Å²) in [6, 6.07) is 9.24. The molecule has 132 valence electrons. The zero-order valence-electron chi connectivity index (χ0n) is 13.7. The first-order valence-corrected chi connectivity index (χ1v) is 8.23. The van der Waals surface area contributed by atoms with Gasteiger partial charge in [0.15, 0.2) is 0 Å². The van der Waals surface area contributed by atoms with E-state index in [1.54, 1.807) is 17.0 Å². The van der Waals surface area contributed by atoms with Crippen LogP contribution in [0.1, 0.15) is 22.3 Å². The van der Waals surface area contributed by atoms with Crippen LogP contribution in [0.5, 0.6) is 0 Å². The van der Waals surface area contributed by atoms with Crippen LogP contribution in [0.2, 0.25) is 0 Å². The molecule has 1 amide bonds. The highest BCUT2D eigenvalue weighted by Gasteiger charge is 2.21. The molecular weight excluding hydrogens is 329 g/mol. The van der Waals surface area contributed by atoms with Crippen molar-refractivity contribution < 1.29 is 18.0 Å². The summed E-state index contributed by atoms with van der Waals surface area (Å²) in [7, 11) is 0. The van der Waals surface area contributed by atoms with E-state index in [1.165, 1.54) is 12.1 Å². The quantitative estimate of drug-likeness (QED) is 0.848. The highest BCUT2D eigenvalue weighted by molar-refractivity contribution is 5.94. The van der Waals surface area contributed by atoms with E-state index in [0.29, 0.717) is 26.2 Å². The number of nitrogens with zero attached hydrogens (tertiary/aromatic N) is 2. The second-order valence-electron chi connectivity index (χ2n) is 6.21. The third-order valence-corrected chi connectivity index (χ3v) is 4.30. The van der Waals surface area contributed by atoms with Gasteiger partial charge in [-0.25, -0.2) is 13.2 Å². The number of carbonyl (C=O) groups is 1. The molecule has 0 atom stereocenters. The van der Waals surface area contributed by atoms with E-state index in [1.807, 2.05) is 0 Å². The molecule has 6 heteroatoms. The minimum Gasteiger partial charge on any atom is -0.337 e. The van der Waals surface area contributed by atoms with Crippen LogP contribution in [-0.2, 0) is 6.54 Å². The van der Waals surface area contributed by atoms with Gasteiger partial charge in [0, 0.05) is 44.4 Å². The van der Waals surface area contributed by atoms with Gasteiger partial charge in [-0.1, -0.05) is 12.1 Å². The molecule has 25 heavy (non-hydrogen) atoms. The summed E-state index contributed by atoms with van der Waals surface area (Å²) in [5.74, 6) is -2.13. The summed E-state index contributed by atoms with van der Waals surface area (Å²) in [4.78, 5) is 16.3. The van der Waals surface area contributed by atoms with Gasteiger partial charge in [0.05, 0.1) is 0 Å². The fourth-order valence-corrected chi connectivity index (χ4v) is 3.04. The van der Waals surface area contributed by atoms with Crippen molar-refractivity contribution >= 4 is 5.91 Å². The average molecular weight is 348 g/mol. The lowest BCUT2D eigenvalue weighted by Gasteiger charge is -2.22. The van der Waals surface area contributed by atoms with Crippen LogP contribution in [-0.4, -0.2) is 41.9 Å². The van der Waals surface area contributed by atoms with Crippen molar-refractivity contribution in [1.82, 2.24) is 9.80 Å². The van der Waals surface area contributed by atoms with Crippen molar-refractivity contribution in [2.75, 3.05) is 26.2 Å². The fraction of sp³-hybridized carbons (Fsp3) is 0.316. The van der Waals surface area contributed by atoms with Crippen molar-refractivity contribution in [3.05, 3.63) is 71.0 Å². The predicted octanol–water partition coefficient (Wildman–Crippen LogP) is 3.45. The van der Waals surface area contributed by atoms with Gasteiger partial charge in [-0.05, 0) is 36.2 Å². The summed E-state index contributed by atoms with van der Waals surface area (Å²) in [6.07, 6.45) is 0.769. The normalized spacial score (nSPS) is 15.9. The monoisotopic (exact) mass is 348 g/mol. The van der Waals surface area contributed by atoms with Crippen molar-refractivity contribution in [2.24, 2.45) is 0 Å². The minimum absolute atomic E-state index is 0.0319. The molecular formula is C19H19F3N2O. The predicted molar refractivity (Wildman–Crippen MR) is 88.6 cm³/mol. The van der Waals surface area contributed by atoms with E-state index in [9.17, 15) is 18.0 Å². The standard InChI is InChI=1S/C19H19F3N2O/c20-16-4-2-14(3-5-16)13-23-6-1-7-24(9-8-23)19(25)15-10-17(21)12-18(22)11-15/h2-5,10-12H,1,6-9,13H2. The first-order chi connectivity index (χ1) is 12.0. The van der Waals surface area contributed by atoms with Gasteiger partial charge in [0.1, 0.15) is 17.5 Å². The van der Waals surface area contributed by atoms with Gasteiger partial charge in [-0.2, -0.15) is 0 Å². The Hall–Kier alpha value is -2.34. The molecule has 0 bridgehead atoms. The summed E-state index contributed by atoms with van der Waals surface area (Å²) in [5, 5.41) is 0. The van der Waals surface area contributed by atoms with E-state index in [-0.39, 0.29) is 17.3 Å². The molecule has 0 spiro atoms. The Labute approximate surface area is 144 Å². The Morgan fingerprint density at radius 3 is 2.20 bits per heavy atom. The number of halogens is 3. The summed E-state index contributed by atoms with van der Waals surface area (Å²) < 4.78 is 39.6. The molecule has 0 saturated carbocycles. The molecule has 1 aliphatic heterocycles. The smallest absolute Gasteiger partial charge is 0.254 e. The third kappa shape index (κ3) is 4.60. The van der Waals surface area contributed by atoms with Crippen LogP contribution in [0.25, 0.3) is 0 Å². The second kappa shape index (κ2) is 7.70. The molecule has 0 radical (unpaired) electrons. The summed E-state index contributed by atoms with van der Waals surface area (Å²) in [6.45, 7) is 3.16. The Balaban J connectivity index is 1.62. The highest BCUT2D eigenvalue weighted by Crippen LogP contribution is 2.14. The molecule has 1 fully saturated rings. The third-order valence-electron chi connectivity index (χ3n) is 4.30. The highest BCUT2D eigenvalue weighted by atomic mass is 19.1. The lowest BCUT2D eigenvalue weighted by atomic mass is 10.2. The summed E-state index contributed by atoms with van der Waals surface area (Å²) >= 11 is 0. The molecule has 3 rings (SSSR count). The van der Waals surface area contributed by atoms with Gasteiger partial charge < -0.3 is 4.90 Å². The maximum absolute atomic E-state index is 13.3. The Bertz CT molecular complexity index is 729. The maximum Gasteiger partial charge on any atom is 0.254 e. The fourth-order valence-electron chi connectivity index (χ4n) is 3.04. The molecule has 0 aliphatic carbocycles. The van der Waals surface area contributed by atoms with Crippen LogP contribution in [0.3, 0.4) is 0 Å². The van der Waals surface area contributed by atoms with Gasteiger partial charge in [-0.15, -0.1) is 0 Å². The Kier molecular flexibility index (Phi) is 5.38. The number of benzene rings is 2. The number of rotatable bonds is 3. The molecule has 1 saturated heterocycles. The SMILES string of the molecule is O=C(c1cc(F)cc(F)c1)N1CCCN(Cc2ccc(F)cc2)CC1. The first kappa shape index (κ1) is 17.5. The molecule has 1 heterocycles. The molecule has 1 aliphatic rings. The number of hydrogen-bond acceptors (Lipinski definition) is 2. The molecule has 0 unspecified atom stereocenters. The van der Waals surface area contributed by atoms with E-state index in [0.717, 1.165) is 36.7 Å². The lowest BCUT2D eigenvalue weighted by Crippen LogP contribution is -2.35. The van der Waals surface area contributed by atoms with E-state index < -0.39 is 11.6 Å². The molecule has 2 aromatic rings. The van der Waals surface area contributed by atoms with Crippen molar-refractivity contribution in [3.63, 3.8) is 0 Å². The first-order valence-electron chi connectivity index (χ1n) is 8.23. The summed E-state index contributed by atoms with van der Waals surface area (Å²) in [5.41, 5.74) is 1.04. The number of hydrogen-bond donors (Lipinski definition) is 0. The largest absolute Gasteiger partial charge is 0.337 e. The lowest BCUT2D eigenvalue weighted by molar-refractivity contribution is 0.0760. The Morgan fingerprint density at radius 1 is 0.840 bits per heavy atom. The van der Waals surface area contributed by atoms with Crippen molar-refractivity contribution in [3.8, 4) is 0 Å². The van der Waals surface area contributed by atoms with Gasteiger partial charge in [0.2, 0.25) is 0 Å². The van der Waals surface area contributed by atoms with E-state index in [2.05, 4.69) is 4.90 Å². The van der Waals surface area contributed by atoms with Gasteiger partial charge in [-0.3, -0.25) is 9.69 Å². The van der Waals surface area contributed by atoms with Gasteiger partial charge in [0.25, 0.3) is 5.91 Å². The van der Waals surface area contributed by atoms with Crippen LogP contribution < -0.4 is 0 Å². The van der Waals surface area contributed by atoms with Crippen LogP contribution in [0, 0.1) is 17.5 Å². The molecule has 3 nitrogen and oxygen atoms in total.